The molecule has 1 fully saturated rings. The van der Waals surface area contributed by atoms with E-state index in [1.54, 1.807) is 39.0 Å². The Morgan fingerprint density at radius 2 is 1.63 bits per heavy atom. The van der Waals surface area contributed by atoms with Gasteiger partial charge in [-0.15, -0.1) is 0 Å². The number of hydrogen-bond donors (Lipinski definition) is 3. The van der Waals surface area contributed by atoms with Gasteiger partial charge in [-0.05, 0) is 112 Å². The van der Waals surface area contributed by atoms with Crippen LogP contribution in [-0.4, -0.2) is 77.6 Å². The zero-order valence-electron chi connectivity index (χ0n) is 30.0. The van der Waals surface area contributed by atoms with Crippen LogP contribution in [0.4, 0.5) is 10.5 Å². The number of nitrogens with zero attached hydrogens (tertiary/aromatic N) is 2. The van der Waals surface area contributed by atoms with Crippen LogP contribution < -0.4 is 9.46 Å². The van der Waals surface area contributed by atoms with Crippen molar-refractivity contribution in [3.8, 4) is 16.9 Å². The number of hydrogen-bond acceptors (Lipinski definition) is 10. The van der Waals surface area contributed by atoms with Gasteiger partial charge in [0.15, 0.2) is 0 Å². The van der Waals surface area contributed by atoms with Gasteiger partial charge in [0.05, 0.1) is 35.0 Å². The molecule has 4 rings (SSSR count). The molecule has 0 unspecified atom stereocenters. The molecular formula is C38H49N3O10S. The molecule has 0 aromatic heterocycles. The first-order valence-corrected chi connectivity index (χ1v) is 19.3. The molecule has 2 amide bonds. The number of nitro benzene ring substituents is 1. The molecule has 13 nitrogen and oxygen atoms in total. The number of amides is 2. The summed E-state index contributed by atoms with van der Waals surface area (Å²) in [5, 5.41) is 30.9. The molecule has 52 heavy (non-hydrogen) atoms. The number of sulfonamides is 1. The highest BCUT2D eigenvalue weighted by Crippen LogP contribution is 2.31. The van der Waals surface area contributed by atoms with E-state index in [1.165, 1.54) is 29.2 Å². The second kappa shape index (κ2) is 18.3. The van der Waals surface area contributed by atoms with Gasteiger partial charge in [-0.3, -0.25) is 14.9 Å². The van der Waals surface area contributed by atoms with Crippen molar-refractivity contribution in [2.45, 2.75) is 89.9 Å². The Kier molecular flexibility index (Phi) is 14.2. The zero-order chi connectivity index (χ0) is 37.9. The van der Waals surface area contributed by atoms with E-state index in [9.17, 15) is 33.2 Å². The maximum absolute atomic E-state index is 13.1. The highest BCUT2D eigenvalue weighted by atomic mass is 32.2. The van der Waals surface area contributed by atoms with Gasteiger partial charge in [0.2, 0.25) is 10.0 Å². The predicted octanol–water partition coefficient (Wildman–Crippen LogP) is 6.32. The van der Waals surface area contributed by atoms with Gasteiger partial charge in [-0.2, -0.15) is 0 Å². The molecule has 1 saturated carbocycles. The van der Waals surface area contributed by atoms with E-state index in [-0.39, 0.29) is 42.7 Å². The Bertz CT molecular complexity index is 1770. The lowest BCUT2D eigenvalue weighted by atomic mass is 9.97. The standard InChI is InChI=1S/C38H49N3O10S/c1-38(2,3)51-37(45)40(26-34(43)29-16-19-31(20-17-29)41(46)47)22-7-9-27-12-14-28(15-13-27)30-18-21-33(36(44)39-52(48,49)24-8-23-42)35(25-30)50-32-10-5-4-6-11-32/h12-21,25,32,34,42-43H,4-11,22-24,26H2,1-3H3,(H,39,44)/t34-/m0/s1. The van der Waals surface area contributed by atoms with Crippen LogP contribution in [0.25, 0.3) is 11.1 Å². The lowest BCUT2D eigenvalue weighted by Crippen LogP contribution is -2.40. The van der Waals surface area contributed by atoms with Gasteiger partial charge in [-0.25, -0.2) is 17.9 Å². The van der Waals surface area contributed by atoms with Crippen LogP contribution in [0.3, 0.4) is 0 Å². The first-order valence-electron chi connectivity index (χ1n) is 17.6. The topological polar surface area (TPSA) is 186 Å². The van der Waals surface area contributed by atoms with Crippen molar-refractivity contribution in [2.24, 2.45) is 0 Å². The minimum atomic E-state index is -3.93. The van der Waals surface area contributed by atoms with Crippen molar-refractivity contribution >= 4 is 27.7 Å². The maximum atomic E-state index is 13.1. The second-order valence-electron chi connectivity index (χ2n) is 14.0. The maximum Gasteiger partial charge on any atom is 0.410 e. The largest absolute Gasteiger partial charge is 0.490 e. The third-order valence-corrected chi connectivity index (χ3v) is 9.93. The summed E-state index contributed by atoms with van der Waals surface area (Å²) < 4.78 is 38.8. The molecule has 3 aromatic carbocycles. The summed E-state index contributed by atoms with van der Waals surface area (Å²) in [6, 6.07) is 18.4. The Morgan fingerprint density at radius 3 is 2.25 bits per heavy atom. The Morgan fingerprint density at radius 1 is 0.981 bits per heavy atom. The molecule has 282 valence electrons. The van der Waals surface area contributed by atoms with E-state index in [1.807, 2.05) is 24.3 Å². The summed E-state index contributed by atoms with van der Waals surface area (Å²) in [5.74, 6) is -0.852. The lowest BCUT2D eigenvalue weighted by molar-refractivity contribution is -0.384. The number of carbonyl (C=O) groups is 2. The fourth-order valence-electron chi connectivity index (χ4n) is 5.91. The normalized spacial score (nSPS) is 14.3. The number of non-ortho nitro benzene ring substituents is 1. The number of nitrogens with one attached hydrogen (secondary N) is 1. The highest BCUT2D eigenvalue weighted by Gasteiger charge is 2.26. The van der Waals surface area contributed by atoms with Gasteiger partial charge in [-0.1, -0.05) is 36.8 Å². The molecule has 1 atom stereocenters. The summed E-state index contributed by atoms with van der Waals surface area (Å²) in [5.41, 5.74) is 2.37. The monoisotopic (exact) mass is 739 g/mol. The molecule has 0 spiro atoms. The fraction of sp³-hybridized carbons (Fsp3) is 0.474. The highest BCUT2D eigenvalue weighted by molar-refractivity contribution is 7.90. The van der Waals surface area contributed by atoms with Gasteiger partial charge in [0, 0.05) is 25.3 Å². The molecule has 1 aliphatic rings. The van der Waals surface area contributed by atoms with Crippen LogP contribution in [0.5, 0.6) is 5.75 Å². The number of aliphatic hydroxyl groups is 2. The van der Waals surface area contributed by atoms with E-state index >= 15 is 0 Å². The molecule has 1 aliphatic carbocycles. The summed E-state index contributed by atoms with van der Waals surface area (Å²) >= 11 is 0. The van der Waals surface area contributed by atoms with Gasteiger partial charge in [0.1, 0.15) is 11.4 Å². The molecule has 0 saturated heterocycles. The molecule has 3 aromatic rings. The van der Waals surface area contributed by atoms with E-state index in [0.29, 0.717) is 30.7 Å². The van der Waals surface area contributed by atoms with Crippen molar-refractivity contribution in [2.75, 3.05) is 25.4 Å². The number of ether oxygens (including phenoxy) is 2. The first-order chi connectivity index (χ1) is 24.6. The van der Waals surface area contributed by atoms with Crippen molar-refractivity contribution in [3.63, 3.8) is 0 Å². The number of aryl methyl sites for hydroxylation is 1. The van der Waals surface area contributed by atoms with Crippen molar-refractivity contribution in [1.29, 1.82) is 0 Å². The lowest BCUT2D eigenvalue weighted by Gasteiger charge is -2.29. The van der Waals surface area contributed by atoms with Crippen LogP contribution in [0.2, 0.25) is 0 Å². The van der Waals surface area contributed by atoms with Crippen LogP contribution in [0.1, 0.15) is 93.3 Å². The first kappa shape index (κ1) is 40.2. The van der Waals surface area contributed by atoms with E-state index < -0.39 is 38.7 Å². The van der Waals surface area contributed by atoms with Gasteiger partial charge in [0.25, 0.3) is 11.6 Å². The average molecular weight is 740 g/mol. The molecular weight excluding hydrogens is 690 g/mol. The smallest absolute Gasteiger partial charge is 0.410 e. The van der Waals surface area contributed by atoms with Crippen LogP contribution >= 0.6 is 0 Å². The third-order valence-electron chi connectivity index (χ3n) is 8.61. The molecule has 0 heterocycles. The number of aliphatic hydroxyl groups excluding tert-OH is 2. The molecule has 0 radical (unpaired) electrons. The summed E-state index contributed by atoms with van der Waals surface area (Å²) in [6.45, 7) is 5.21. The second-order valence-corrected chi connectivity index (χ2v) is 15.8. The number of nitro groups is 1. The Hall–Kier alpha value is -4.53. The van der Waals surface area contributed by atoms with E-state index in [2.05, 4.69) is 4.72 Å². The quantitative estimate of drug-likeness (QED) is 0.111. The Balaban J connectivity index is 1.45. The van der Waals surface area contributed by atoms with Gasteiger partial charge < -0.3 is 24.6 Å². The molecule has 14 heteroatoms. The van der Waals surface area contributed by atoms with Gasteiger partial charge >= 0.3 is 6.09 Å². The number of benzene rings is 3. The zero-order valence-corrected chi connectivity index (χ0v) is 30.8. The molecule has 0 bridgehead atoms. The summed E-state index contributed by atoms with van der Waals surface area (Å²) in [6.07, 6.45) is 4.29. The third kappa shape index (κ3) is 12.3. The number of carbonyl (C=O) groups excluding carboxylic acids is 2. The van der Waals surface area contributed by atoms with Crippen LogP contribution in [0.15, 0.2) is 66.7 Å². The van der Waals surface area contributed by atoms with Crippen LogP contribution in [-0.2, 0) is 21.2 Å². The minimum absolute atomic E-state index is 0.0123. The summed E-state index contributed by atoms with van der Waals surface area (Å²) in [7, 11) is -3.93. The minimum Gasteiger partial charge on any atom is -0.490 e. The average Bonchev–Trinajstić information content (AvgIpc) is 3.10. The van der Waals surface area contributed by atoms with Crippen molar-refractivity contribution in [3.05, 3.63) is 93.5 Å². The van der Waals surface area contributed by atoms with Crippen molar-refractivity contribution in [1.82, 2.24) is 9.62 Å². The fourth-order valence-corrected chi connectivity index (χ4v) is 6.91. The van der Waals surface area contributed by atoms with Crippen molar-refractivity contribution < 1.29 is 42.6 Å². The molecule has 0 aliphatic heterocycles. The predicted molar refractivity (Wildman–Crippen MR) is 197 cm³/mol. The number of rotatable bonds is 16. The van der Waals surface area contributed by atoms with E-state index in [0.717, 1.165) is 48.8 Å². The van der Waals surface area contributed by atoms with Crippen LogP contribution in [0, 0.1) is 10.1 Å². The SMILES string of the molecule is CC(C)(C)OC(=O)N(CCCc1ccc(-c2ccc(C(=O)NS(=O)(=O)CCCO)c(OC3CCCCC3)c2)cc1)C[C@H](O)c1ccc([N+](=O)[O-])cc1. The molecule has 3 N–H and O–H groups in total. The van der Waals surface area contributed by atoms with E-state index in [4.69, 9.17) is 14.6 Å². The summed E-state index contributed by atoms with van der Waals surface area (Å²) in [4.78, 5) is 38.1. The Labute approximate surface area is 305 Å².